The molecule has 0 amide bonds. The number of aromatic nitrogens is 4. The molecule has 0 radical (unpaired) electrons. The van der Waals surface area contributed by atoms with Crippen LogP contribution in [0.1, 0.15) is 23.0 Å². The van der Waals surface area contributed by atoms with Crippen molar-refractivity contribution in [2.75, 3.05) is 6.61 Å². The van der Waals surface area contributed by atoms with Crippen molar-refractivity contribution >= 4 is 27.9 Å². The molecule has 0 saturated heterocycles. The van der Waals surface area contributed by atoms with Gasteiger partial charge in [0, 0.05) is 22.3 Å². The number of fused-ring (bicyclic) bond motifs is 2. The van der Waals surface area contributed by atoms with Crippen LogP contribution in [0, 0.1) is 12.7 Å². The van der Waals surface area contributed by atoms with Gasteiger partial charge in [0.2, 0.25) is 5.88 Å². The molecule has 0 aliphatic heterocycles. The van der Waals surface area contributed by atoms with Crippen LogP contribution < -0.4 is 4.74 Å². The Morgan fingerprint density at radius 3 is 2.62 bits per heavy atom. The van der Waals surface area contributed by atoms with Gasteiger partial charge in [0.05, 0.1) is 17.6 Å². The van der Waals surface area contributed by atoms with E-state index in [0.29, 0.717) is 34.1 Å². The summed E-state index contributed by atoms with van der Waals surface area (Å²) in [4.78, 5) is 26.6. The Kier molecular flexibility index (Phi) is 4.82. The minimum absolute atomic E-state index is 0.0815. The number of hydrogen-bond acceptors (Lipinski definition) is 5. The molecule has 0 aliphatic carbocycles. The summed E-state index contributed by atoms with van der Waals surface area (Å²) in [6.07, 6.45) is 1.36. The molecule has 0 bridgehead atoms. The van der Waals surface area contributed by atoms with Crippen molar-refractivity contribution in [1.82, 2.24) is 19.9 Å². The molecule has 0 aliphatic rings. The predicted octanol–water partition coefficient (Wildman–Crippen LogP) is 5.52. The Morgan fingerprint density at radius 1 is 1.03 bits per heavy atom. The SMILES string of the molecule is CCOC(=O)c1ccc(-c2cc3c(Oc4ccc5[nH]c(C)cc5c4F)ncnc3[nH]2)cc1. The fourth-order valence-electron chi connectivity index (χ4n) is 3.63. The zero-order valence-corrected chi connectivity index (χ0v) is 17.4. The van der Waals surface area contributed by atoms with Crippen molar-refractivity contribution < 1.29 is 18.7 Å². The fraction of sp³-hybridized carbons (Fsp3) is 0.125. The standard InChI is InChI=1S/C24H19FN4O3/c1-3-31-24(30)15-6-4-14(5-7-15)19-11-17-22(29-19)26-12-27-23(17)32-20-9-8-18-16(21(20)25)10-13(2)28-18/h4-12,28H,3H2,1-2H3,(H,26,27,29). The lowest BCUT2D eigenvalue weighted by atomic mass is 10.1. The third-order valence-corrected chi connectivity index (χ3v) is 5.14. The van der Waals surface area contributed by atoms with E-state index in [1.807, 2.05) is 25.1 Å². The molecule has 7 nitrogen and oxygen atoms in total. The first-order chi connectivity index (χ1) is 15.5. The molecule has 160 valence electrons. The number of hydrogen-bond donors (Lipinski definition) is 2. The summed E-state index contributed by atoms with van der Waals surface area (Å²) in [6, 6.07) is 13.9. The summed E-state index contributed by atoms with van der Waals surface area (Å²) in [6.45, 7) is 3.95. The van der Waals surface area contributed by atoms with Gasteiger partial charge >= 0.3 is 5.97 Å². The Balaban J connectivity index is 1.49. The zero-order valence-electron chi connectivity index (χ0n) is 17.4. The average Bonchev–Trinajstić information content (AvgIpc) is 3.40. The largest absolute Gasteiger partial charge is 0.462 e. The van der Waals surface area contributed by atoms with Crippen molar-refractivity contribution in [1.29, 1.82) is 0 Å². The molecule has 0 atom stereocenters. The van der Waals surface area contributed by atoms with E-state index in [-0.39, 0.29) is 17.6 Å². The summed E-state index contributed by atoms with van der Waals surface area (Å²) in [5.41, 5.74) is 4.20. The minimum Gasteiger partial charge on any atom is -0.462 e. The van der Waals surface area contributed by atoms with Gasteiger partial charge in [-0.05, 0) is 55.8 Å². The summed E-state index contributed by atoms with van der Waals surface area (Å²) in [5.74, 6) is -0.498. The van der Waals surface area contributed by atoms with Gasteiger partial charge in [0.15, 0.2) is 11.6 Å². The molecule has 8 heteroatoms. The summed E-state index contributed by atoms with van der Waals surface area (Å²) in [5, 5.41) is 1.07. The van der Waals surface area contributed by atoms with Crippen LogP contribution in [0.25, 0.3) is 33.2 Å². The normalized spacial score (nSPS) is 11.2. The van der Waals surface area contributed by atoms with Crippen LogP contribution in [0.4, 0.5) is 4.39 Å². The van der Waals surface area contributed by atoms with Crippen LogP contribution in [0.2, 0.25) is 0 Å². The second kappa shape index (κ2) is 7.81. The van der Waals surface area contributed by atoms with Gasteiger partial charge in [0.1, 0.15) is 12.0 Å². The monoisotopic (exact) mass is 430 g/mol. The van der Waals surface area contributed by atoms with E-state index in [4.69, 9.17) is 9.47 Å². The second-order valence-corrected chi connectivity index (χ2v) is 7.32. The van der Waals surface area contributed by atoms with E-state index in [2.05, 4.69) is 19.9 Å². The number of aryl methyl sites for hydroxylation is 1. The van der Waals surface area contributed by atoms with Crippen LogP contribution in [-0.4, -0.2) is 32.5 Å². The molecule has 0 fully saturated rings. The molecular formula is C24H19FN4O3. The van der Waals surface area contributed by atoms with Crippen LogP contribution >= 0.6 is 0 Å². The lowest BCUT2D eigenvalue weighted by molar-refractivity contribution is 0.0526. The number of carbonyl (C=O) groups excluding carboxylic acids is 1. The number of rotatable bonds is 5. The molecule has 3 aromatic heterocycles. The van der Waals surface area contributed by atoms with E-state index in [0.717, 1.165) is 17.0 Å². The molecular weight excluding hydrogens is 411 g/mol. The number of benzene rings is 2. The van der Waals surface area contributed by atoms with E-state index < -0.39 is 5.82 Å². The average molecular weight is 430 g/mol. The van der Waals surface area contributed by atoms with E-state index in [1.54, 1.807) is 37.3 Å². The van der Waals surface area contributed by atoms with E-state index in [1.165, 1.54) is 6.33 Å². The molecule has 0 saturated carbocycles. The number of nitrogens with zero attached hydrogens (tertiary/aromatic N) is 2. The highest BCUT2D eigenvalue weighted by molar-refractivity contribution is 5.91. The van der Waals surface area contributed by atoms with Crippen LogP contribution in [0.3, 0.4) is 0 Å². The maximum absolute atomic E-state index is 15.0. The number of H-pyrrole nitrogens is 2. The highest BCUT2D eigenvalue weighted by Gasteiger charge is 2.16. The highest BCUT2D eigenvalue weighted by atomic mass is 19.1. The van der Waals surface area contributed by atoms with E-state index in [9.17, 15) is 9.18 Å². The highest BCUT2D eigenvalue weighted by Crippen LogP contribution is 2.34. The Morgan fingerprint density at radius 2 is 1.84 bits per heavy atom. The van der Waals surface area contributed by atoms with Crippen molar-refractivity contribution in [3.8, 4) is 22.9 Å². The van der Waals surface area contributed by atoms with Gasteiger partial charge in [-0.2, -0.15) is 0 Å². The molecule has 5 aromatic rings. The molecule has 5 rings (SSSR count). The lowest BCUT2D eigenvalue weighted by Gasteiger charge is -2.07. The van der Waals surface area contributed by atoms with Gasteiger partial charge in [-0.3, -0.25) is 0 Å². The maximum Gasteiger partial charge on any atom is 0.338 e. The topological polar surface area (TPSA) is 92.9 Å². The first-order valence-corrected chi connectivity index (χ1v) is 10.1. The maximum atomic E-state index is 15.0. The van der Waals surface area contributed by atoms with Gasteiger partial charge in [0.25, 0.3) is 0 Å². The van der Waals surface area contributed by atoms with Gasteiger partial charge in [-0.1, -0.05) is 12.1 Å². The van der Waals surface area contributed by atoms with Gasteiger partial charge in [-0.25, -0.2) is 19.2 Å². The van der Waals surface area contributed by atoms with Crippen molar-refractivity contribution in [3.63, 3.8) is 0 Å². The number of halogens is 1. The molecule has 32 heavy (non-hydrogen) atoms. The molecule has 2 aromatic carbocycles. The van der Waals surface area contributed by atoms with Crippen LogP contribution in [0.15, 0.2) is 54.9 Å². The first kappa shape index (κ1) is 19.7. The molecule has 0 unspecified atom stereocenters. The second-order valence-electron chi connectivity index (χ2n) is 7.32. The summed E-state index contributed by atoms with van der Waals surface area (Å²) < 4.78 is 25.8. The quantitative estimate of drug-likeness (QED) is 0.358. The summed E-state index contributed by atoms with van der Waals surface area (Å²) >= 11 is 0. The van der Waals surface area contributed by atoms with E-state index >= 15 is 0 Å². The Hall–Kier alpha value is -4.20. The number of ether oxygens (including phenoxy) is 2. The number of nitrogens with one attached hydrogen (secondary N) is 2. The third-order valence-electron chi connectivity index (χ3n) is 5.14. The van der Waals surface area contributed by atoms with Crippen molar-refractivity contribution in [2.45, 2.75) is 13.8 Å². The molecule has 2 N–H and O–H groups in total. The Bertz CT molecular complexity index is 1450. The smallest absolute Gasteiger partial charge is 0.338 e. The van der Waals surface area contributed by atoms with Crippen molar-refractivity contribution in [2.24, 2.45) is 0 Å². The fourth-order valence-corrected chi connectivity index (χ4v) is 3.63. The zero-order chi connectivity index (χ0) is 22.2. The molecule has 0 spiro atoms. The lowest BCUT2D eigenvalue weighted by Crippen LogP contribution is -2.03. The first-order valence-electron chi connectivity index (χ1n) is 10.1. The number of esters is 1. The summed E-state index contributed by atoms with van der Waals surface area (Å²) in [7, 11) is 0. The molecule has 3 heterocycles. The van der Waals surface area contributed by atoms with Crippen LogP contribution in [0.5, 0.6) is 11.6 Å². The number of aromatic amines is 2. The van der Waals surface area contributed by atoms with Crippen molar-refractivity contribution in [3.05, 3.63) is 71.9 Å². The Labute approximate surface area is 182 Å². The number of carbonyl (C=O) groups is 1. The third kappa shape index (κ3) is 3.45. The van der Waals surface area contributed by atoms with Crippen LogP contribution in [-0.2, 0) is 4.74 Å². The minimum atomic E-state index is -0.455. The van der Waals surface area contributed by atoms with Gasteiger partial charge in [-0.15, -0.1) is 0 Å². The van der Waals surface area contributed by atoms with Gasteiger partial charge < -0.3 is 19.4 Å². The predicted molar refractivity (Wildman–Crippen MR) is 118 cm³/mol.